The fraction of sp³-hybridized carbons (Fsp3) is 0.500. The first-order chi connectivity index (χ1) is 11.9. The fourth-order valence-electron chi connectivity index (χ4n) is 3.65. The van der Waals surface area contributed by atoms with Gasteiger partial charge in [0.25, 0.3) is 5.91 Å². The van der Waals surface area contributed by atoms with Crippen molar-refractivity contribution in [2.45, 2.75) is 52.2 Å². The maximum Gasteiger partial charge on any atom is 0.254 e. The number of nitrogens with zero attached hydrogens (tertiary/aromatic N) is 2. The first-order valence-electron chi connectivity index (χ1n) is 9.08. The van der Waals surface area contributed by atoms with Crippen LogP contribution in [0, 0.1) is 5.92 Å². The monoisotopic (exact) mass is 341 g/mol. The second-order valence-electron chi connectivity index (χ2n) is 7.31. The zero-order valence-electron chi connectivity index (χ0n) is 15.2. The highest BCUT2D eigenvalue weighted by molar-refractivity contribution is 5.95. The molecule has 3 rings (SSSR count). The van der Waals surface area contributed by atoms with E-state index in [1.54, 1.807) is 6.20 Å². The van der Waals surface area contributed by atoms with Crippen molar-refractivity contribution in [3.63, 3.8) is 0 Å². The molecule has 1 unspecified atom stereocenters. The molecule has 0 radical (unpaired) electrons. The van der Waals surface area contributed by atoms with E-state index in [0.717, 1.165) is 30.6 Å². The van der Waals surface area contributed by atoms with Crippen LogP contribution in [0.1, 0.15) is 54.4 Å². The Labute approximate surface area is 149 Å². The molecule has 1 atom stereocenters. The van der Waals surface area contributed by atoms with Crippen molar-refractivity contribution < 1.29 is 9.90 Å². The first kappa shape index (κ1) is 17.7. The lowest BCUT2D eigenvalue weighted by Gasteiger charge is -2.24. The number of aryl methyl sites for hydroxylation is 1. The predicted molar refractivity (Wildman–Crippen MR) is 97.4 cm³/mol. The maximum atomic E-state index is 12.7. The SMILES string of the molecule is CCc1c(C(=O)NCC2(O)CCc3ccccc32)cnn1CC(C)C. The number of aliphatic hydroxyl groups is 1. The lowest BCUT2D eigenvalue weighted by Crippen LogP contribution is -2.39. The molecule has 0 bridgehead atoms. The lowest BCUT2D eigenvalue weighted by molar-refractivity contribution is 0.0369. The Kier molecular flexibility index (Phi) is 4.95. The Morgan fingerprint density at radius 2 is 2.16 bits per heavy atom. The van der Waals surface area contributed by atoms with Crippen LogP contribution in [0.2, 0.25) is 0 Å². The summed E-state index contributed by atoms with van der Waals surface area (Å²) in [5, 5.41) is 18.3. The summed E-state index contributed by atoms with van der Waals surface area (Å²) in [6.07, 6.45) is 3.88. The molecule has 1 amide bonds. The van der Waals surface area contributed by atoms with E-state index in [4.69, 9.17) is 0 Å². The van der Waals surface area contributed by atoms with Gasteiger partial charge in [-0.15, -0.1) is 0 Å². The molecule has 2 aromatic rings. The van der Waals surface area contributed by atoms with Crippen LogP contribution < -0.4 is 5.32 Å². The summed E-state index contributed by atoms with van der Waals surface area (Å²) in [4.78, 5) is 12.7. The van der Waals surface area contributed by atoms with Crippen molar-refractivity contribution in [1.29, 1.82) is 0 Å². The minimum Gasteiger partial charge on any atom is -0.383 e. The molecule has 0 spiro atoms. The van der Waals surface area contributed by atoms with Crippen molar-refractivity contribution in [3.8, 4) is 0 Å². The molecule has 134 valence electrons. The van der Waals surface area contributed by atoms with Gasteiger partial charge in [-0.25, -0.2) is 0 Å². The van der Waals surface area contributed by atoms with Crippen molar-refractivity contribution in [2.24, 2.45) is 5.92 Å². The highest BCUT2D eigenvalue weighted by atomic mass is 16.3. The molecular weight excluding hydrogens is 314 g/mol. The quantitative estimate of drug-likeness (QED) is 0.849. The summed E-state index contributed by atoms with van der Waals surface area (Å²) in [6.45, 7) is 7.32. The summed E-state index contributed by atoms with van der Waals surface area (Å²) in [5.74, 6) is 0.307. The van der Waals surface area contributed by atoms with Gasteiger partial charge in [0.1, 0.15) is 5.60 Å². The number of carbonyl (C=O) groups excluding carboxylic acids is 1. The van der Waals surface area contributed by atoms with Crippen molar-refractivity contribution in [3.05, 3.63) is 52.8 Å². The van der Waals surface area contributed by atoms with E-state index in [9.17, 15) is 9.90 Å². The van der Waals surface area contributed by atoms with Crippen molar-refractivity contribution in [1.82, 2.24) is 15.1 Å². The summed E-state index contributed by atoms with van der Waals surface area (Å²) in [5.41, 5.74) is 2.68. The molecule has 5 heteroatoms. The van der Waals surface area contributed by atoms with E-state index in [0.29, 0.717) is 17.9 Å². The number of rotatable bonds is 6. The minimum atomic E-state index is -0.980. The van der Waals surface area contributed by atoms with Gasteiger partial charge in [-0.2, -0.15) is 5.10 Å². The molecule has 0 saturated heterocycles. The smallest absolute Gasteiger partial charge is 0.254 e. The van der Waals surface area contributed by atoms with Gasteiger partial charge in [-0.3, -0.25) is 9.48 Å². The van der Waals surface area contributed by atoms with Crippen molar-refractivity contribution in [2.75, 3.05) is 6.54 Å². The van der Waals surface area contributed by atoms with E-state index in [-0.39, 0.29) is 12.5 Å². The van der Waals surface area contributed by atoms with E-state index >= 15 is 0 Å². The normalized spacial score (nSPS) is 19.2. The lowest BCUT2D eigenvalue weighted by atomic mass is 9.96. The van der Waals surface area contributed by atoms with Crippen LogP contribution in [-0.2, 0) is 25.0 Å². The third-order valence-electron chi connectivity index (χ3n) is 4.93. The molecule has 2 N–H and O–H groups in total. The zero-order valence-corrected chi connectivity index (χ0v) is 15.2. The summed E-state index contributed by atoms with van der Waals surface area (Å²) >= 11 is 0. The highest BCUT2D eigenvalue weighted by Crippen LogP contribution is 2.36. The average Bonchev–Trinajstić information content (AvgIpc) is 3.14. The molecule has 0 fully saturated rings. The molecule has 25 heavy (non-hydrogen) atoms. The Hall–Kier alpha value is -2.14. The number of fused-ring (bicyclic) bond motifs is 1. The Bertz CT molecular complexity index is 766. The molecule has 0 aliphatic heterocycles. The van der Waals surface area contributed by atoms with Crippen LogP contribution in [0.3, 0.4) is 0 Å². The number of benzene rings is 1. The fourth-order valence-corrected chi connectivity index (χ4v) is 3.65. The molecule has 1 aromatic carbocycles. The summed E-state index contributed by atoms with van der Waals surface area (Å²) < 4.78 is 1.92. The molecule has 0 saturated carbocycles. The van der Waals surface area contributed by atoms with Crippen LogP contribution in [0.5, 0.6) is 0 Å². The van der Waals surface area contributed by atoms with Gasteiger partial charge < -0.3 is 10.4 Å². The minimum absolute atomic E-state index is 0.162. The Morgan fingerprint density at radius 1 is 1.40 bits per heavy atom. The van der Waals surface area contributed by atoms with Gasteiger partial charge >= 0.3 is 0 Å². The predicted octanol–water partition coefficient (Wildman–Crippen LogP) is 2.67. The molecule has 1 aromatic heterocycles. The maximum absolute atomic E-state index is 12.7. The molecular formula is C20H27N3O2. The number of hydrogen-bond acceptors (Lipinski definition) is 3. The van der Waals surface area contributed by atoms with Gasteiger partial charge in [-0.05, 0) is 36.3 Å². The van der Waals surface area contributed by atoms with E-state index in [1.807, 2.05) is 35.9 Å². The third-order valence-corrected chi connectivity index (χ3v) is 4.93. The van der Waals surface area contributed by atoms with Gasteiger partial charge in [0, 0.05) is 6.54 Å². The van der Waals surface area contributed by atoms with Gasteiger partial charge in [0.05, 0.1) is 24.0 Å². The van der Waals surface area contributed by atoms with Crippen LogP contribution in [0.25, 0.3) is 0 Å². The highest BCUT2D eigenvalue weighted by Gasteiger charge is 2.36. The summed E-state index contributed by atoms with van der Waals surface area (Å²) in [7, 11) is 0. The Morgan fingerprint density at radius 3 is 2.88 bits per heavy atom. The number of hydrogen-bond donors (Lipinski definition) is 2. The number of carbonyl (C=O) groups is 1. The van der Waals surface area contributed by atoms with Gasteiger partial charge in [0.2, 0.25) is 0 Å². The first-order valence-corrected chi connectivity index (χ1v) is 9.08. The number of nitrogens with one attached hydrogen (secondary N) is 1. The second-order valence-corrected chi connectivity index (χ2v) is 7.31. The molecule has 1 aliphatic rings. The number of amides is 1. The Balaban J connectivity index is 1.73. The molecule has 1 aliphatic carbocycles. The number of aromatic nitrogens is 2. The van der Waals surface area contributed by atoms with Gasteiger partial charge in [0.15, 0.2) is 0 Å². The van der Waals surface area contributed by atoms with E-state index in [1.165, 1.54) is 5.56 Å². The zero-order chi connectivity index (χ0) is 18.0. The van der Waals surface area contributed by atoms with Crippen LogP contribution >= 0.6 is 0 Å². The average molecular weight is 341 g/mol. The molecule has 5 nitrogen and oxygen atoms in total. The molecule has 1 heterocycles. The summed E-state index contributed by atoms with van der Waals surface area (Å²) in [6, 6.07) is 7.91. The largest absolute Gasteiger partial charge is 0.383 e. The van der Waals surface area contributed by atoms with E-state index < -0.39 is 5.60 Å². The van der Waals surface area contributed by atoms with Gasteiger partial charge in [-0.1, -0.05) is 45.0 Å². The standard InChI is InChI=1S/C20H27N3O2/c1-4-18-16(11-22-23(18)12-14(2)3)19(24)21-13-20(25)10-9-15-7-5-6-8-17(15)20/h5-8,11,14,25H,4,9-10,12-13H2,1-3H3,(H,21,24). The van der Waals surface area contributed by atoms with Crippen LogP contribution in [0.15, 0.2) is 30.5 Å². The van der Waals surface area contributed by atoms with Crippen LogP contribution in [-0.4, -0.2) is 27.3 Å². The topological polar surface area (TPSA) is 67.2 Å². The third kappa shape index (κ3) is 3.47. The second kappa shape index (κ2) is 7.00. The van der Waals surface area contributed by atoms with E-state index in [2.05, 4.69) is 24.3 Å². The van der Waals surface area contributed by atoms with Crippen LogP contribution in [0.4, 0.5) is 0 Å². The van der Waals surface area contributed by atoms with Crippen molar-refractivity contribution >= 4 is 5.91 Å².